The van der Waals surface area contributed by atoms with Gasteiger partial charge in [0, 0.05) is 18.3 Å². The van der Waals surface area contributed by atoms with E-state index in [1.54, 1.807) is 6.33 Å². The third-order valence-electron chi connectivity index (χ3n) is 6.46. The first-order valence-electron chi connectivity index (χ1n) is 12.6. The molecular weight excluding hydrogens is 412 g/mol. The van der Waals surface area contributed by atoms with Crippen LogP contribution < -0.4 is 0 Å². The van der Waals surface area contributed by atoms with Crippen LogP contribution in [0.25, 0.3) is 5.57 Å². The molecule has 0 aliphatic heterocycles. The lowest BCUT2D eigenvalue weighted by atomic mass is 9.75. The van der Waals surface area contributed by atoms with Gasteiger partial charge in [-0.05, 0) is 85.1 Å². The first-order chi connectivity index (χ1) is 15.2. The molecule has 0 bridgehead atoms. The average Bonchev–Trinajstić information content (AvgIpc) is 3.21. The van der Waals surface area contributed by atoms with Gasteiger partial charge < -0.3 is 4.57 Å². The minimum Gasteiger partial charge on any atom is -0.340 e. The number of imidazole rings is 1. The number of hydrogen-bond donors (Lipinski definition) is 0. The standard InChI is InChI=1S/C20H31Cl.C7H10N2.C2H6/c1-14(2)18-9-7-16(8-10-18)5-6-17-11-19(15(3)4)13-20(21)12-17;1-6(2)7-4-9(3)5-8-7;1-2/h11-16,18H,5-10H2,1-4H3;4-5H,1H2,2-3H3;1-2H3. The lowest BCUT2D eigenvalue weighted by Gasteiger charge is -2.31. The van der Waals surface area contributed by atoms with Crippen LogP contribution in [0.3, 0.4) is 0 Å². The van der Waals surface area contributed by atoms with Crippen molar-refractivity contribution in [1.82, 2.24) is 9.55 Å². The van der Waals surface area contributed by atoms with Crippen LogP contribution in [0.1, 0.15) is 103 Å². The van der Waals surface area contributed by atoms with Gasteiger partial charge in [-0.15, -0.1) is 0 Å². The summed E-state index contributed by atoms with van der Waals surface area (Å²) in [4.78, 5) is 4.08. The molecule has 1 aromatic carbocycles. The molecule has 3 rings (SSSR count). The smallest absolute Gasteiger partial charge is 0.0950 e. The fraction of sp³-hybridized carbons (Fsp3) is 0.621. The Morgan fingerprint density at radius 3 is 2.16 bits per heavy atom. The summed E-state index contributed by atoms with van der Waals surface area (Å²) in [6.45, 7) is 18.9. The van der Waals surface area contributed by atoms with Crippen molar-refractivity contribution in [1.29, 1.82) is 0 Å². The minimum atomic E-state index is 0.559. The Bertz CT molecular complexity index is 795. The summed E-state index contributed by atoms with van der Waals surface area (Å²) in [7, 11) is 1.94. The van der Waals surface area contributed by atoms with Crippen LogP contribution in [0.5, 0.6) is 0 Å². The van der Waals surface area contributed by atoms with Gasteiger partial charge >= 0.3 is 0 Å². The maximum Gasteiger partial charge on any atom is 0.0950 e. The van der Waals surface area contributed by atoms with Gasteiger partial charge in [0.05, 0.1) is 12.0 Å². The zero-order chi connectivity index (χ0) is 24.3. The van der Waals surface area contributed by atoms with E-state index in [2.05, 4.69) is 57.5 Å². The van der Waals surface area contributed by atoms with Gasteiger partial charge in [-0.1, -0.05) is 78.6 Å². The Morgan fingerprint density at radius 2 is 1.72 bits per heavy atom. The summed E-state index contributed by atoms with van der Waals surface area (Å²) in [5.74, 6) is 3.33. The molecule has 0 unspecified atom stereocenters. The normalized spacial score (nSPS) is 18.0. The second kappa shape index (κ2) is 14.6. The predicted molar refractivity (Wildman–Crippen MR) is 143 cm³/mol. The molecule has 1 aliphatic carbocycles. The number of halogens is 1. The summed E-state index contributed by atoms with van der Waals surface area (Å²) in [6.07, 6.45) is 12.0. The molecule has 32 heavy (non-hydrogen) atoms. The van der Waals surface area contributed by atoms with E-state index in [0.29, 0.717) is 5.92 Å². The second-order valence-electron chi connectivity index (χ2n) is 9.82. The van der Waals surface area contributed by atoms with Crippen LogP contribution in [0, 0.1) is 17.8 Å². The Labute approximate surface area is 203 Å². The van der Waals surface area contributed by atoms with Crippen LogP contribution in [-0.4, -0.2) is 9.55 Å². The highest BCUT2D eigenvalue weighted by molar-refractivity contribution is 6.30. The maximum atomic E-state index is 6.27. The lowest BCUT2D eigenvalue weighted by Crippen LogP contribution is -2.19. The number of nitrogens with zero attached hydrogens (tertiary/aromatic N) is 2. The summed E-state index contributed by atoms with van der Waals surface area (Å²) >= 11 is 6.27. The van der Waals surface area contributed by atoms with Crippen LogP contribution >= 0.6 is 11.6 Å². The monoisotopic (exact) mass is 458 g/mol. The molecule has 0 radical (unpaired) electrons. The molecule has 1 aromatic heterocycles. The molecule has 0 spiro atoms. The van der Waals surface area contributed by atoms with E-state index in [4.69, 9.17) is 11.6 Å². The molecule has 2 nitrogen and oxygen atoms in total. The summed E-state index contributed by atoms with van der Waals surface area (Å²) < 4.78 is 1.91. The molecule has 180 valence electrons. The first kappa shape index (κ1) is 28.5. The van der Waals surface area contributed by atoms with Crippen molar-refractivity contribution < 1.29 is 0 Å². The summed E-state index contributed by atoms with van der Waals surface area (Å²) in [6, 6.07) is 6.63. The van der Waals surface area contributed by atoms with Gasteiger partial charge in [0.15, 0.2) is 0 Å². The number of allylic oxidation sites excluding steroid dienone is 1. The Morgan fingerprint density at radius 1 is 1.09 bits per heavy atom. The van der Waals surface area contributed by atoms with E-state index < -0.39 is 0 Å². The molecule has 0 atom stereocenters. The van der Waals surface area contributed by atoms with Gasteiger partial charge in [-0.25, -0.2) is 4.98 Å². The van der Waals surface area contributed by atoms with E-state index >= 15 is 0 Å². The number of benzene rings is 1. The van der Waals surface area contributed by atoms with Gasteiger partial charge in [0.1, 0.15) is 0 Å². The fourth-order valence-electron chi connectivity index (χ4n) is 4.30. The van der Waals surface area contributed by atoms with Gasteiger partial charge in [0.25, 0.3) is 0 Å². The maximum absolute atomic E-state index is 6.27. The first-order valence-corrected chi connectivity index (χ1v) is 13.0. The minimum absolute atomic E-state index is 0.559. The van der Waals surface area contributed by atoms with Crippen LogP contribution in [0.2, 0.25) is 5.02 Å². The number of aryl methyl sites for hydroxylation is 2. The number of hydrogen-bond acceptors (Lipinski definition) is 1. The molecule has 3 heteroatoms. The van der Waals surface area contributed by atoms with Crippen molar-refractivity contribution in [3.63, 3.8) is 0 Å². The molecule has 0 N–H and O–H groups in total. The predicted octanol–water partition coefficient (Wildman–Crippen LogP) is 9.34. The Kier molecular flexibility index (Phi) is 13.0. The van der Waals surface area contributed by atoms with E-state index in [1.807, 2.05) is 38.6 Å². The average molecular weight is 459 g/mol. The van der Waals surface area contributed by atoms with Crippen LogP contribution in [0.15, 0.2) is 37.3 Å². The SMILES string of the molecule is C=C(C)c1cn(C)cn1.CC.CC(C)c1cc(Cl)cc(CCC2CCC(C(C)C)CC2)c1. The highest BCUT2D eigenvalue weighted by Crippen LogP contribution is 2.35. The van der Waals surface area contributed by atoms with Gasteiger partial charge in [0.2, 0.25) is 0 Å². The van der Waals surface area contributed by atoms with E-state index in [9.17, 15) is 0 Å². The molecule has 1 heterocycles. The van der Waals surface area contributed by atoms with E-state index in [1.165, 1.54) is 49.7 Å². The van der Waals surface area contributed by atoms with Gasteiger partial charge in [-0.2, -0.15) is 0 Å². The molecule has 1 fully saturated rings. The highest BCUT2D eigenvalue weighted by Gasteiger charge is 2.23. The molecule has 1 aliphatic rings. The van der Waals surface area contributed by atoms with Crippen molar-refractivity contribution in [2.75, 3.05) is 0 Å². The lowest BCUT2D eigenvalue weighted by molar-refractivity contribution is 0.217. The molecule has 1 saturated carbocycles. The zero-order valence-electron chi connectivity index (χ0n) is 21.9. The van der Waals surface area contributed by atoms with Crippen LogP contribution in [-0.2, 0) is 13.5 Å². The van der Waals surface area contributed by atoms with Crippen molar-refractivity contribution in [2.45, 2.75) is 92.9 Å². The van der Waals surface area contributed by atoms with Gasteiger partial charge in [-0.3, -0.25) is 0 Å². The highest BCUT2D eigenvalue weighted by atomic mass is 35.5. The Balaban J connectivity index is 0.000000388. The topological polar surface area (TPSA) is 17.8 Å². The zero-order valence-corrected chi connectivity index (χ0v) is 22.7. The summed E-state index contributed by atoms with van der Waals surface area (Å²) in [5.41, 5.74) is 4.78. The largest absolute Gasteiger partial charge is 0.340 e. The van der Waals surface area contributed by atoms with Crippen molar-refractivity contribution in [2.24, 2.45) is 24.8 Å². The van der Waals surface area contributed by atoms with Crippen molar-refractivity contribution in [3.8, 4) is 0 Å². The quantitative estimate of drug-likeness (QED) is 0.421. The number of rotatable bonds is 6. The molecule has 0 saturated heterocycles. The number of aromatic nitrogens is 2. The van der Waals surface area contributed by atoms with Crippen molar-refractivity contribution >= 4 is 17.2 Å². The van der Waals surface area contributed by atoms with Crippen molar-refractivity contribution in [3.05, 3.63) is 59.1 Å². The van der Waals surface area contributed by atoms with E-state index in [-0.39, 0.29) is 0 Å². The molecule has 0 amide bonds. The molecule has 2 aromatic rings. The molecular formula is C29H47ClN2. The Hall–Kier alpha value is -1.54. The third-order valence-corrected chi connectivity index (χ3v) is 6.68. The van der Waals surface area contributed by atoms with Crippen LogP contribution in [0.4, 0.5) is 0 Å². The third kappa shape index (κ3) is 9.94. The second-order valence-corrected chi connectivity index (χ2v) is 10.3. The summed E-state index contributed by atoms with van der Waals surface area (Å²) in [5, 5.41) is 0.903. The van der Waals surface area contributed by atoms with E-state index in [0.717, 1.165) is 34.0 Å². The fourth-order valence-corrected chi connectivity index (χ4v) is 4.57.